The molecule has 0 saturated carbocycles. The molecular weight excluding hydrogens is 336 g/mol. The molecule has 1 aliphatic heterocycles. The summed E-state index contributed by atoms with van der Waals surface area (Å²) in [7, 11) is 0. The molecule has 1 fully saturated rings. The lowest BCUT2D eigenvalue weighted by molar-refractivity contribution is -0.120. The fourth-order valence-electron chi connectivity index (χ4n) is 3.65. The van der Waals surface area contributed by atoms with Crippen LogP contribution in [0.1, 0.15) is 27.9 Å². The molecule has 0 aromatic heterocycles. The number of benzene rings is 2. The molecule has 0 bridgehead atoms. The smallest absolute Gasteiger partial charge is 0.254 e. The van der Waals surface area contributed by atoms with Gasteiger partial charge >= 0.3 is 0 Å². The molecule has 0 spiro atoms. The van der Waals surface area contributed by atoms with Crippen LogP contribution >= 0.6 is 11.6 Å². The third-order valence-electron chi connectivity index (χ3n) is 4.97. The van der Waals surface area contributed by atoms with E-state index in [9.17, 15) is 9.59 Å². The van der Waals surface area contributed by atoms with Crippen molar-refractivity contribution in [3.63, 3.8) is 0 Å². The maximum atomic E-state index is 12.8. The maximum absolute atomic E-state index is 12.8. The highest BCUT2D eigenvalue weighted by Gasteiger charge is 2.29. The van der Waals surface area contributed by atoms with Crippen LogP contribution in [0.25, 0.3) is 0 Å². The molecule has 2 amide bonds. The number of carbonyl (C=O) groups is 2. The highest BCUT2D eigenvalue weighted by molar-refractivity contribution is 6.30. The van der Waals surface area contributed by atoms with E-state index in [1.165, 1.54) is 11.1 Å². The van der Waals surface area contributed by atoms with Gasteiger partial charge in [-0.25, -0.2) is 0 Å². The third-order valence-corrected chi connectivity index (χ3v) is 5.21. The predicted molar refractivity (Wildman–Crippen MR) is 98.2 cm³/mol. The summed E-state index contributed by atoms with van der Waals surface area (Å²) in [5.41, 5.74) is 4.08. The van der Waals surface area contributed by atoms with E-state index in [0.29, 0.717) is 23.7 Å². The van der Waals surface area contributed by atoms with Crippen LogP contribution in [-0.4, -0.2) is 36.3 Å². The molecule has 0 radical (unpaired) electrons. The molecule has 2 aromatic carbocycles. The van der Waals surface area contributed by atoms with Crippen molar-refractivity contribution in [3.05, 3.63) is 64.2 Å². The van der Waals surface area contributed by atoms with Gasteiger partial charge < -0.3 is 9.80 Å². The largest absolute Gasteiger partial charge is 0.328 e. The van der Waals surface area contributed by atoms with E-state index in [2.05, 4.69) is 6.07 Å². The first-order valence-electron chi connectivity index (χ1n) is 8.59. The minimum Gasteiger partial charge on any atom is -0.328 e. The van der Waals surface area contributed by atoms with E-state index in [4.69, 9.17) is 11.6 Å². The van der Waals surface area contributed by atoms with Gasteiger partial charge in [0.05, 0.1) is 0 Å². The standard InChI is InChI=1S/C20H19ClN2O2/c21-17-5-2-6-18(12-17)23-10-9-22(13-19(23)24)20(25)16-8-7-14-3-1-4-15(14)11-16/h2,5-8,11-12H,1,3-4,9-10,13H2. The van der Waals surface area contributed by atoms with Gasteiger partial charge in [-0.2, -0.15) is 0 Å². The SMILES string of the molecule is O=C(c1ccc2c(c1)CCC2)N1CCN(c2cccc(Cl)c2)C(=O)C1. The zero-order valence-electron chi connectivity index (χ0n) is 13.9. The molecule has 5 heteroatoms. The predicted octanol–water partition coefficient (Wildman–Crippen LogP) is 3.32. The minimum atomic E-state index is -0.0805. The van der Waals surface area contributed by atoms with E-state index in [1.54, 1.807) is 21.9 Å². The van der Waals surface area contributed by atoms with E-state index in [1.807, 2.05) is 24.3 Å². The zero-order chi connectivity index (χ0) is 17.4. The Hall–Kier alpha value is -2.33. The van der Waals surface area contributed by atoms with Crippen molar-refractivity contribution in [2.24, 2.45) is 0 Å². The Morgan fingerprint density at radius 1 is 1.00 bits per heavy atom. The molecule has 0 atom stereocenters. The van der Waals surface area contributed by atoms with Crippen LogP contribution in [0, 0.1) is 0 Å². The summed E-state index contributed by atoms with van der Waals surface area (Å²) < 4.78 is 0. The van der Waals surface area contributed by atoms with Crippen molar-refractivity contribution in [1.29, 1.82) is 0 Å². The Bertz CT molecular complexity index is 849. The summed E-state index contributed by atoms with van der Waals surface area (Å²) in [4.78, 5) is 28.6. The van der Waals surface area contributed by atoms with Gasteiger partial charge in [0.15, 0.2) is 0 Å². The zero-order valence-corrected chi connectivity index (χ0v) is 14.6. The summed E-state index contributed by atoms with van der Waals surface area (Å²) in [6.45, 7) is 1.10. The molecular formula is C20H19ClN2O2. The van der Waals surface area contributed by atoms with Crippen LogP contribution in [0.3, 0.4) is 0 Å². The molecule has 25 heavy (non-hydrogen) atoms. The minimum absolute atomic E-state index is 0.0613. The maximum Gasteiger partial charge on any atom is 0.254 e. The number of nitrogens with zero attached hydrogens (tertiary/aromatic N) is 2. The summed E-state index contributed by atoms with van der Waals surface area (Å²) in [6.07, 6.45) is 3.29. The first-order valence-corrected chi connectivity index (χ1v) is 8.96. The van der Waals surface area contributed by atoms with Crippen LogP contribution in [0.4, 0.5) is 5.69 Å². The topological polar surface area (TPSA) is 40.6 Å². The molecule has 4 nitrogen and oxygen atoms in total. The number of aryl methyl sites for hydroxylation is 2. The van der Waals surface area contributed by atoms with Gasteiger partial charge in [0.25, 0.3) is 5.91 Å². The monoisotopic (exact) mass is 354 g/mol. The van der Waals surface area contributed by atoms with Gasteiger partial charge in [-0.15, -0.1) is 0 Å². The summed E-state index contributed by atoms with van der Waals surface area (Å²) in [5, 5.41) is 0.599. The number of fused-ring (bicyclic) bond motifs is 1. The number of hydrogen-bond acceptors (Lipinski definition) is 2. The van der Waals surface area contributed by atoms with Crippen LogP contribution in [0.5, 0.6) is 0 Å². The number of piperazine rings is 1. The third kappa shape index (κ3) is 3.14. The molecule has 1 aliphatic carbocycles. The normalized spacial score (nSPS) is 16.9. The van der Waals surface area contributed by atoms with Crippen molar-refractivity contribution >= 4 is 29.1 Å². The molecule has 2 aromatic rings. The Kier molecular flexibility index (Phi) is 4.22. The van der Waals surface area contributed by atoms with Crippen LogP contribution in [0.15, 0.2) is 42.5 Å². The van der Waals surface area contributed by atoms with Crippen LogP contribution < -0.4 is 4.90 Å². The molecule has 4 rings (SSSR count). The molecule has 2 aliphatic rings. The lowest BCUT2D eigenvalue weighted by Crippen LogP contribution is -2.52. The van der Waals surface area contributed by atoms with Crippen LogP contribution in [-0.2, 0) is 17.6 Å². The van der Waals surface area contributed by atoms with Gasteiger partial charge in [0.2, 0.25) is 5.91 Å². The number of hydrogen-bond donors (Lipinski definition) is 0. The van der Waals surface area contributed by atoms with Gasteiger partial charge in [-0.3, -0.25) is 9.59 Å². The second-order valence-electron chi connectivity index (χ2n) is 6.59. The number of amides is 2. The van der Waals surface area contributed by atoms with E-state index in [-0.39, 0.29) is 18.4 Å². The highest BCUT2D eigenvalue weighted by atomic mass is 35.5. The number of rotatable bonds is 2. The number of carbonyl (C=O) groups excluding carboxylic acids is 2. The Morgan fingerprint density at radius 3 is 2.64 bits per heavy atom. The molecule has 128 valence electrons. The molecule has 1 saturated heterocycles. The first kappa shape index (κ1) is 16.2. The van der Waals surface area contributed by atoms with Crippen molar-refractivity contribution in [1.82, 2.24) is 4.90 Å². The molecule has 0 unspecified atom stereocenters. The van der Waals surface area contributed by atoms with E-state index >= 15 is 0 Å². The number of anilines is 1. The van der Waals surface area contributed by atoms with Gasteiger partial charge in [0.1, 0.15) is 6.54 Å². The summed E-state index contributed by atoms with van der Waals surface area (Å²) in [6, 6.07) is 13.2. The average molecular weight is 355 g/mol. The van der Waals surface area contributed by atoms with E-state index < -0.39 is 0 Å². The Morgan fingerprint density at radius 2 is 1.84 bits per heavy atom. The van der Waals surface area contributed by atoms with E-state index in [0.717, 1.165) is 24.9 Å². The first-order chi connectivity index (χ1) is 12.1. The second kappa shape index (κ2) is 6.52. The van der Waals surface area contributed by atoms with Crippen LogP contribution in [0.2, 0.25) is 5.02 Å². The average Bonchev–Trinajstić information content (AvgIpc) is 3.08. The van der Waals surface area contributed by atoms with Crippen molar-refractivity contribution in [2.75, 3.05) is 24.5 Å². The molecule has 1 heterocycles. The highest BCUT2D eigenvalue weighted by Crippen LogP contribution is 2.25. The number of halogens is 1. The lowest BCUT2D eigenvalue weighted by atomic mass is 10.1. The fraction of sp³-hybridized carbons (Fsp3) is 0.300. The van der Waals surface area contributed by atoms with Gasteiger partial charge in [-0.05, 0) is 60.7 Å². The van der Waals surface area contributed by atoms with Crippen molar-refractivity contribution < 1.29 is 9.59 Å². The summed E-state index contributed by atoms with van der Waals surface area (Å²) >= 11 is 6.01. The molecule has 0 N–H and O–H groups in total. The quantitative estimate of drug-likeness (QED) is 0.830. The Balaban J connectivity index is 1.49. The van der Waals surface area contributed by atoms with Crippen molar-refractivity contribution in [2.45, 2.75) is 19.3 Å². The van der Waals surface area contributed by atoms with Crippen molar-refractivity contribution in [3.8, 4) is 0 Å². The second-order valence-corrected chi connectivity index (χ2v) is 7.03. The Labute approximate surface area is 152 Å². The van der Waals surface area contributed by atoms with Gasteiger partial charge in [-0.1, -0.05) is 23.7 Å². The fourth-order valence-corrected chi connectivity index (χ4v) is 3.84. The summed E-state index contributed by atoms with van der Waals surface area (Å²) in [5.74, 6) is -0.142. The lowest BCUT2D eigenvalue weighted by Gasteiger charge is -2.34. The van der Waals surface area contributed by atoms with Gasteiger partial charge in [0, 0.05) is 29.4 Å².